The second-order valence-electron chi connectivity index (χ2n) is 7.53. The van der Waals surface area contributed by atoms with Gasteiger partial charge < -0.3 is 10.2 Å². The van der Waals surface area contributed by atoms with Crippen LogP contribution in [-0.4, -0.2) is 62.3 Å². The lowest BCUT2D eigenvalue weighted by molar-refractivity contribution is -0.139. The van der Waals surface area contributed by atoms with Gasteiger partial charge in [-0.15, -0.1) is 0 Å². The van der Waals surface area contributed by atoms with Crippen LogP contribution in [-0.2, 0) is 14.8 Å². The van der Waals surface area contributed by atoms with Gasteiger partial charge in [0.05, 0.1) is 4.90 Å². The number of nitrogens with one attached hydrogen (secondary N) is 1. The fourth-order valence-electron chi connectivity index (χ4n) is 3.97. The first-order valence-corrected chi connectivity index (χ1v) is 10.8. The van der Waals surface area contributed by atoms with Crippen LogP contribution in [0.25, 0.3) is 0 Å². The average molecular weight is 380 g/mol. The van der Waals surface area contributed by atoms with Crippen LogP contribution in [0.2, 0.25) is 0 Å². The first kappa shape index (κ1) is 19.3. The number of hydrogen-bond donors (Lipinski definition) is 1. The molecule has 0 aliphatic carbocycles. The molecule has 144 valence electrons. The molecule has 1 aromatic carbocycles. The van der Waals surface area contributed by atoms with Gasteiger partial charge in [-0.2, -0.15) is 4.31 Å². The van der Waals surface area contributed by atoms with Crippen molar-refractivity contribution in [1.29, 1.82) is 0 Å². The van der Waals surface area contributed by atoms with Gasteiger partial charge in [-0.25, -0.2) is 8.42 Å². The van der Waals surface area contributed by atoms with E-state index in [0.29, 0.717) is 30.8 Å². The van der Waals surface area contributed by atoms with E-state index in [1.807, 2.05) is 30.9 Å². The van der Waals surface area contributed by atoms with E-state index < -0.39 is 10.0 Å². The Morgan fingerprint density at radius 1 is 1.15 bits per heavy atom. The number of amides is 1. The van der Waals surface area contributed by atoms with Crippen molar-refractivity contribution >= 4 is 15.9 Å². The molecule has 6 nitrogen and oxygen atoms in total. The van der Waals surface area contributed by atoms with Crippen LogP contribution in [0.5, 0.6) is 0 Å². The summed E-state index contributed by atoms with van der Waals surface area (Å²) in [5, 5.41) is 3.30. The van der Waals surface area contributed by atoms with Crippen molar-refractivity contribution in [3.63, 3.8) is 0 Å². The van der Waals surface area contributed by atoms with Gasteiger partial charge in [-0.3, -0.25) is 4.79 Å². The summed E-state index contributed by atoms with van der Waals surface area (Å²) in [6.45, 7) is 9.06. The maximum absolute atomic E-state index is 13.0. The average Bonchev–Trinajstić information content (AvgIpc) is 2.61. The number of rotatable bonds is 3. The van der Waals surface area contributed by atoms with E-state index in [9.17, 15) is 13.2 Å². The molecule has 2 fully saturated rings. The van der Waals surface area contributed by atoms with Crippen LogP contribution in [0.3, 0.4) is 0 Å². The molecule has 1 amide bonds. The molecule has 0 spiro atoms. The predicted molar refractivity (Wildman–Crippen MR) is 101 cm³/mol. The number of aryl methyl sites for hydroxylation is 2. The lowest BCUT2D eigenvalue weighted by Crippen LogP contribution is -2.55. The molecule has 0 unspecified atom stereocenters. The Bertz CT molecular complexity index is 770. The third kappa shape index (κ3) is 3.80. The van der Waals surface area contributed by atoms with E-state index >= 15 is 0 Å². The predicted octanol–water partition coefficient (Wildman–Crippen LogP) is 1.52. The number of benzene rings is 1. The molecule has 7 heteroatoms. The van der Waals surface area contributed by atoms with Gasteiger partial charge in [0, 0.05) is 44.7 Å². The van der Waals surface area contributed by atoms with E-state index in [4.69, 9.17) is 0 Å². The van der Waals surface area contributed by atoms with Gasteiger partial charge in [0.2, 0.25) is 15.9 Å². The van der Waals surface area contributed by atoms with Crippen molar-refractivity contribution in [3.05, 3.63) is 29.3 Å². The standard InChI is InChI=1S/C19H29N3O3S/c1-14-4-5-18(15(2)12-14)26(24,25)21-9-6-17(7-10-21)19(23)22-11-8-20-13-16(22)3/h4-5,12,16-17,20H,6-11,13H2,1-3H3/t16-/m1/s1. The summed E-state index contributed by atoms with van der Waals surface area (Å²) in [6.07, 6.45) is 1.19. The normalized spacial score (nSPS) is 23.2. The third-order valence-electron chi connectivity index (χ3n) is 5.54. The Balaban J connectivity index is 1.67. The minimum atomic E-state index is -3.50. The van der Waals surface area contributed by atoms with Gasteiger partial charge >= 0.3 is 0 Å². The van der Waals surface area contributed by atoms with E-state index in [1.165, 1.54) is 4.31 Å². The van der Waals surface area contributed by atoms with Gasteiger partial charge in [0.15, 0.2) is 0 Å². The van der Waals surface area contributed by atoms with E-state index in [1.54, 1.807) is 6.07 Å². The Kier molecular flexibility index (Phi) is 5.69. The molecule has 26 heavy (non-hydrogen) atoms. The zero-order valence-electron chi connectivity index (χ0n) is 15.9. The number of nitrogens with zero attached hydrogens (tertiary/aromatic N) is 2. The fraction of sp³-hybridized carbons (Fsp3) is 0.632. The molecule has 0 aromatic heterocycles. The molecule has 1 atom stereocenters. The lowest BCUT2D eigenvalue weighted by atomic mass is 9.95. The van der Waals surface area contributed by atoms with Crippen molar-refractivity contribution in [3.8, 4) is 0 Å². The van der Waals surface area contributed by atoms with Crippen LogP contribution in [0.4, 0.5) is 0 Å². The molecule has 1 N–H and O–H groups in total. The van der Waals surface area contributed by atoms with E-state index in [0.717, 1.165) is 30.8 Å². The highest BCUT2D eigenvalue weighted by atomic mass is 32.2. The molecule has 0 bridgehead atoms. The van der Waals surface area contributed by atoms with Crippen molar-refractivity contribution in [2.45, 2.75) is 44.6 Å². The SMILES string of the molecule is Cc1ccc(S(=O)(=O)N2CCC(C(=O)N3CCNC[C@H]3C)CC2)c(C)c1. The zero-order valence-corrected chi connectivity index (χ0v) is 16.7. The zero-order chi connectivity index (χ0) is 18.9. The first-order chi connectivity index (χ1) is 12.3. The highest BCUT2D eigenvalue weighted by molar-refractivity contribution is 7.89. The third-order valence-corrected chi connectivity index (χ3v) is 7.59. The minimum absolute atomic E-state index is 0.0684. The number of carbonyl (C=O) groups excluding carboxylic acids is 1. The molecule has 0 saturated carbocycles. The molecule has 0 radical (unpaired) electrons. The number of piperidine rings is 1. The fourth-order valence-corrected chi connectivity index (χ4v) is 5.65. The lowest BCUT2D eigenvalue weighted by Gasteiger charge is -2.38. The molecular formula is C19H29N3O3S. The van der Waals surface area contributed by atoms with Crippen LogP contribution >= 0.6 is 0 Å². The number of piperazine rings is 1. The Labute approximate surface area is 156 Å². The van der Waals surface area contributed by atoms with Gasteiger partial charge in [0.1, 0.15) is 0 Å². The van der Waals surface area contributed by atoms with Crippen molar-refractivity contribution < 1.29 is 13.2 Å². The number of hydrogen-bond acceptors (Lipinski definition) is 4. The van der Waals surface area contributed by atoms with Gasteiger partial charge in [0.25, 0.3) is 0 Å². The largest absolute Gasteiger partial charge is 0.337 e. The summed E-state index contributed by atoms with van der Waals surface area (Å²) in [5.74, 6) is 0.115. The molecule has 2 heterocycles. The summed E-state index contributed by atoms with van der Waals surface area (Å²) < 4.78 is 27.5. The second kappa shape index (κ2) is 7.66. The Morgan fingerprint density at radius 2 is 1.85 bits per heavy atom. The van der Waals surface area contributed by atoms with Crippen molar-refractivity contribution in [1.82, 2.24) is 14.5 Å². The highest BCUT2D eigenvalue weighted by Gasteiger charge is 2.35. The molecule has 2 saturated heterocycles. The molecule has 2 aliphatic rings. The maximum Gasteiger partial charge on any atom is 0.243 e. The quantitative estimate of drug-likeness (QED) is 0.865. The Morgan fingerprint density at radius 3 is 2.46 bits per heavy atom. The van der Waals surface area contributed by atoms with Gasteiger partial charge in [-0.1, -0.05) is 17.7 Å². The van der Waals surface area contributed by atoms with Crippen LogP contribution in [0.1, 0.15) is 30.9 Å². The topological polar surface area (TPSA) is 69.7 Å². The van der Waals surface area contributed by atoms with Gasteiger partial charge in [-0.05, 0) is 45.2 Å². The van der Waals surface area contributed by atoms with Crippen LogP contribution in [0.15, 0.2) is 23.1 Å². The summed E-state index contributed by atoms with van der Waals surface area (Å²) in [6, 6.07) is 5.63. The number of sulfonamides is 1. The maximum atomic E-state index is 13.0. The summed E-state index contributed by atoms with van der Waals surface area (Å²) in [4.78, 5) is 15.1. The number of carbonyl (C=O) groups is 1. The molecule has 1 aromatic rings. The monoisotopic (exact) mass is 379 g/mol. The second-order valence-corrected chi connectivity index (χ2v) is 9.44. The van der Waals surface area contributed by atoms with Crippen molar-refractivity contribution in [2.75, 3.05) is 32.7 Å². The summed E-state index contributed by atoms with van der Waals surface area (Å²) in [7, 11) is -3.50. The van der Waals surface area contributed by atoms with E-state index in [-0.39, 0.29) is 17.9 Å². The summed E-state index contributed by atoms with van der Waals surface area (Å²) >= 11 is 0. The highest BCUT2D eigenvalue weighted by Crippen LogP contribution is 2.27. The molecule has 3 rings (SSSR count). The first-order valence-electron chi connectivity index (χ1n) is 9.39. The van der Waals surface area contributed by atoms with Crippen molar-refractivity contribution in [2.24, 2.45) is 5.92 Å². The van der Waals surface area contributed by atoms with E-state index in [2.05, 4.69) is 12.2 Å². The molecule has 2 aliphatic heterocycles. The minimum Gasteiger partial charge on any atom is -0.337 e. The Hall–Kier alpha value is -1.44. The summed E-state index contributed by atoms with van der Waals surface area (Å²) in [5.41, 5.74) is 1.83. The van der Waals surface area contributed by atoms with Crippen LogP contribution < -0.4 is 5.32 Å². The van der Waals surface area contributed by atoms with Crippen LogP contribution in [0, 0.1) is 19.8 Å². The molecular weight excluding hydrogens is 350 g/mol. The smallest absolute Gasteiger partial charge is 0.243 e.